The summed E-state index contributed by atoms with van der Waals surface area (Å²) in [5.41, 5.74) is 12.9. The van der Waals surface area contributed by atoms with Gasteiger partial charge < -0.3 is 0 Å². The topological polar surface area (TPSA) is 38.7 Å². The highest BCUT2D eigenvalue weighted by Gasteiger charge is 2.24. The smallest absolute Gasteiger partial charge is 0.164 e. The average molecular weight is 686 g/mol. The molecule has 0 unspecified atom stereocenters. The van der Waals surface area contributed by atoms with Crippen LogP contribution < -0.4 is 0 Å². The van der Waals surface area contributed by atoms with Crippen molar-refractivity contribution in [1.82, 2.24) is 15.0 Å². The SMILES string of the molecule is CC(C)(C)c1cc(-c2cc(-c3nc(-c4ccccc4)nc(-c4ccccc4)n3)cc(C(C)(C)C)c2)cc(-c2cc(C(C)(C)C)cc(C(C)(C)C)c2)c1. The first-order valence-corrected chi connectivity index (χ1v) is 18.6. The second-order valence-electron chi connectivity index (χ2n) is 18.4. The summed E-state index contributed by atoms with van der Waals surface area (Å²) in [7, 11) is 0. The standard InChI is InChI=1S/C49H55N3/c1-46(2,3)39-25-34(23-35(26-39)37-28-41(48(7,8)9)31-42(29-37)49(10,11)12)36-24-38(30-40(27-36)47(4,5)6)45-51-43(32-19-15-13-16-20-32)50-44(52-45)33-21-17-14-18-22-33/h13-31H,1-12H3. The van der Waals surface area contributed by atoms with Gasteiger partial charge >= 0.3 is 0 Å². The fraction of sp³-hybridized carbons (Fsp3) is 0.327. The third-order valence-electron chi connectivity index (χ3n) is 9.89. The maximum Gasteiger partial charge on any atom is 0.164 e. The fourth-order valence-electron chi connectivity index (χ4n) is 6.35. The minimum atomic E-state index is -0.102. The predicted octanol–water partition coefficient (Wildman–Crippen LogP) is 13.4. The van der Waals surface area contributed by atoms with Gasteiger partial charge in [-0.25, -0.2) is 15.0 Å². The summed E-state index contributed by atoms with van der Waals surface area (Å²) in [4.78, 5) is 15.2. The second-order valence-corrected chi connectivity index (χ2v) is 18.4. The highest BCUT2D eigenvalue weighted by atomic mass is 15.0. The van der Waals surface area contributed by atoms with Crippen molar-refractivity contribution in [3.8, 4) is 56.4 Å². The molecule has 0 atom stereocenters. The summed E-state index contributed by atoms with van der Waals surface area (Å²) in [6, 6.07) is 41.7. The van der Waals surface area contributed by atoms with Crippen LogP contribution in [0.3, 0.4) is 0 Å². The van der Waals surface area contributed by atoms with Gasteiger partial charge in [-0.2, -0.15) is 0 Å². The maximum atomic E-state index is 5.12. The summed E-state index contributed by atoms with van der Waals surface area (Å²) < 4.78 is 0. The van der Waals surface area contributed by atoms with Gasteiger partial charge in [0.2, 0.25) is 0 Å². The molecule has 0 amide bonds. The lowest BCUT2D eigenvalue weighted by molar-refractivity contribution is 0.569. The Balaban J connectivity index is 1.61. The molecule has 6 aromatic rings. The van der Waals surface area contributed by atoms with E-state index in [9.17, 15) is 0 Å². The zero-order valence-corrected chi connectivity index (χ0v) is 33.3. The van der Waals surface area contributed by atoms with E-state index in [2.05, 4.69) is 162 Å². The molecular formula is C49H55N3. The van der Waals surface area contributed by atoms with Gasteiger partial charge in [-0.05, 0) is 84.4 Å². The molecule has 0 aliphatic carbocycles. The van der Waals surface area contributed by atoms with Crippen molar-refractivity contribution in [2.75, 3.05) is 0 Å². The van der Waals surface area contributed by atoms with E-state index in [1.54, 1.807) is 0 Å². The molecule has 0 spiro atoms. The molecule has 1 aromatic heterocycles. The normalized spacial score (nSPS) is 12.6. The molecule has 1 heterocycles. The van der Waals surface area contributed by atoms with Gasteiger partial charge in [-0.15, -0.1) is 0 Å². The summed E-state index contributed by atoms with van der Waals surface area (Å²) in [5.74, 6) is 2.00. The largest absolute Gasteiger partial charge is 0.208 e. The second kappa shape index (κ2) is 13.6. The van der Waals surface area contributed by atoms with E-state index in [4.69, 9.17) is 15.0 Å². The fourth-order valence-corrected chi connectivity index (χ4v) is 6.35. The number of nitrogens with zero attached hydrogens (tertiary/aromatic N) is 3. The summed E-state index contributed by atoms with van der Waals surface area (Å²) >= 11 is 0. The van der Waals surface area contributed by atoms with E-state index in [-0.39, 0.29) is 21.7 Å². The number of hydrogen-bond donors (Lipinski definition) is 0. The molecule has 0 radical (unpaired) electrons. The molecule has 5 aromatic carbocycles. The molecule has 0 saturated carbocycles. The van der Waals surface area contributed by atoms with E-state index in [0.29, 0.717) is 17.5 Å². The van der Waals surface area contributed by atoms with Gasteiger partial charge in [0, 0.05) is 16.7 Å². The minimum Gasteiger partial charge on any atom is -0.208 e. The van der Waals surface area contributed by atoms with E-state index in [1.807, 2.05) is 36.4 Å². The van der Waals surface area contributed by atoms with Gasteiger partial charge in [0.25, 0.3) is 0 Å². The molecule has 3 heteroatoms. The number of benzene rings is 5. The van der Waals surface area contributed by atoms with Crippen molar-refractivity contribution in [2.45, 2.75) is 105 Å². The van der Waals surface area contributed by atoms with Gasteiger partial charge in [0.15, 0.2) is 17.5 Å². The molecule has 0 saturated heterocycles. The van der Waals surface area contributed by atoms with Crippen LogP contribution in [0.4, 0.5) is 0 Å². The van der Waals surface area contributed by atoms with Crippen molar-refractivity contribution >= 4 is 0 Å². The monoisotopic (exact) mass is 685 g/mol. The Morgan fingerprint density at radius 1 is 0.269 bits per heavy atom. The van der Waals surface area contributed by atoms with E-state index >= 15 is 0 Å². The Bertz CT molecular complexity index is 2110. The number of rotatable bonds is 5. The van der Waals surface area contributed by atoms with Crippen LogP contribution in [-0.2, 0) is 21.7 Å². The molecule has 0 aliphatic rings. The first kappa shape index (κ1) is 36.9. The Hall–Kier alpha value is -4.89. The average Bonchev–Trinajstić information content (AvgIpc) is 3.10. The van der Waals surface area contributed by atoms with Gasteiger partial charge in [0.1, 0.15) is 0 Å². The number of hydrogen-bond acceptors (Lipinski definition) is 3. The van der Waals surface area contributed by atoms with Crippen LogP contribution >= 0.6 is 0 Å². The Labute approximate surface area is 312 Å². The van der Waals surface area contributed by atoms with Crippen molar-refractivity contribution in [3.05, 3.63) is 138 Å². The van der Waals surface area contributed by atoms with Crippen LogP contribution in [0.25, 0.3) is 56.4 Å². The minimum absolute atomic E-state index is 0.0260. The molecule has 0 aliphatic heterocycles. The lowest BCUT2D eigenvalue weighted by Gasteiger charge is -2.27. The molecule has 6 rings (SSSR count). The van der Waals surface area contributed by atoms with Crippen LogP contribution in [0.5, 0.6) is 0 Å². The highest BCUT2D eigenvalue weighted by molar-refractivity contribution is 5.79. The van der Waals surface area contributed by atoms with Crippen LogP contribution in [-0.4, -0.2) is 15.0 Å². The van der Waals surface area contributed by atoms with Crippen LogP contribution in [0.15, 0.2) is 115 Å². The maximum absolute atomic E-state index is 5.12. The van der Waals surface area contributed by atoms with Crippen molar-refractivity contribution < 1.29 is 0 Å². The van der Waals surface area contributed by atoms with Crippen LogP contribution in [0.1, 0.15) is 105 Å². The highest BCUT2D eigenvalue weighted by Crippen LogP contribution is 2.40. The van der Waals surface area contributed by atoms with E-state index in [1.165, 1.54) is 38.9 Å². The lowest BCUT2D eigenvalue weighted by atomic mass is 9.77. The summed E-state index contributed by atoms with van der Waals surface area (Å²) in [6.07, 6.45) is 0. The third kappa shape index (κ3) is 8.26. The van der Waals surface area contributed by atoms with Crippen molar-refractivity contribution in [2.24, 2.45) is 0 Å². The third-order valence-corrected chi connectivity index (χ3v) is 9.89. The molecule has 266 valence electrons. The summed E-state index contributed by atoms with van der Waals surface area (Å²) in [6.45, 7) is 27.6. The van der Waals surface area contributed by atoms with Crippen LogP contribution in [0.2, 0.25) is 0 Å². The Kier molecular flexibility index (Phi) is 9.64. The van der Waals surface area contributed by atoms with Crippen molar-refractivity contribution in [3.63, 3.8) is 0 Å². The Morgan fingerprint density at radius 3 is 0.846 bits per heavy atom. The van der Waals surface area contributed by atoms with Crippen molar-refractivity contribution in [1.29, 1.82) is 0 Å². The Morgan fingerprint density at radius 2 is 0.519 bits per heavy atom. The lowest BCUT2D eigenvalue weighted by Crippen LogP contribution is -2.16. The van der Waals surface area contributed by atoms with Crippen LogP contribution in [0, 0.1) is 0 Å². The van der Waals surface area contributed by atoms with Gasteiger partial charge in [-0.1, -0.05) is 180 Å². The molecule has 52 heavy (non-hydrogen) atoms. The van der Waals surface area contributed by atoms with Gasteiger partial charge in [-0.3, -0.25) is 0 Å². The first-order valence-electron chi connectivity index (χ1n) is 18.6. The van der Waals surface area contributed by atoms with Gasteiger partial charge in [0.05, 0.1) is 0 Å². The first-order chi connectivity index (χ1) is 24.3. The molecule has 0 fully saturated rings. The predicted molar refractivity (Wildman–Crippen MR) is 222 cm³/mol. The molecule has 0 bridgehead atoms. The summed E-state index contributed by atoms with van der Waals surface area (Å²) in [5, 5.41) is 0. The molecule has 3 nitrogen and oxygen atoms in total. The molecule has 0 N–H and O–H groups in total. The molecular weight excluding hydrogens is 631 g/mol. The van der Waals surface area contributed by atoms with E-state index in [0.717, 1.165) is 22.3 Å². The number of aromatic nitrogens is 3. The zero-order chi connectivity index (χ0) is 37.6. The quantitative estimate of drug-likeness (QED) is 0.181. The van der Waals surface area contributed by atoms with E-state index < -0.39 is 0 Å². The zero-order valence-electron chi connectivity index (χ0n) is 33.3.